The molecule has 1 atom stereocenters. The molecule has 0 radical (unpaired) electrons. The molecule has 0 saturated carbocycles. The SMILES string of the molecule is Cc1cc2nc(CCN)n(C(C)C(=O)O)c2cc1C. The van der Waals surface area contributed by atoms with Gasteiger partial charge in [0.15, 0.2) is 0 Å². The fraction of sp³-hybridized carbons (Fsp3) is 0.429. The molecule has 1 unspecified atom stereocenters. The molecule has 5 nitrogen and oxygen atoms in total. The number of hydrogen-bond donors (Lipinski definition) is 2. The molecule has 0 amide bonds. The number of aryl methyl sites for hydroxylation is 2. The minimum absolute atomic E-state index is 0.452. The molecule has 0 spiro atoms. The van der Waals surface area contributed by atoms with E-state index in [9.17, 15) is 9.90 Å². The standard InChI is InChI=1S/C14H19N3O2/c1-8-6-11-12(7-9(8)2)17(10(3)14(18)19)13(16-11)4-5-15/h6-7,10H,4-5,15H2,1-3H3,(H,18,19). The Labute approximate surface area is 112 Å². The van der Waals surface area contributed by atoms with Gasteiger partial charge >= 0.3 is 5.97 Å². The van der Waals surface area contributed by atoms with Crippen LogP contribution in [0.25, 0.3) is 11.0 Å². The van der Waals surface area contributed by atoms with Gasteiger partial charge in [-0.25, -0.2) is 9.78 Å². The molecule has 1 heterocycles. The molecule has 0 bridgehead atoms. The van der Waals surface area contributed by atoms with Gasteiger partial charge in [0.25, 0.3) is 0 Å². The number of hydrogen-bond acceptors (Lipinski definition) is 3. The molecule has 0 aliphatic heterocycles. The summed E-state index contributed by atoms with van der Waals surface area (Å²) < 4.78 is 1.77. The highest BCUT2D eigenvalue weighted by molar-refractivity contribution is 5.81. The van der Waals surface area contributed by atoms with Crippen LogP contribution < -0.4 is 5.73 Å². The lowest BCUT2D eigenvalue weighted by Gasteiger charge is -2.13. The van der Waals surface area contributed by atoms with Crippen LogP contribution in [0.15, 0.2) is 12.1 Å². The van der Waals surface area contributed by atoms with Gasteiger partial charge in [0.05, 0.1) is 11.0 Å². The Balaban J connectivity index is 2.72. The number of imidazole rings is 1. The van der Waals surface area contributed by atoms with E-state index >= 15 is 0 Å². The summed E-state index contributed by atoms with van der Waals surface area (Å²) in [5.74, 6) is -0.131. The van der Waals surface area contributed by atoms with Gasteiger partial charge in [-0.3, -0.25) is 0 Å². The maximum atomic E-state index is 11.3. The molecular formula is C14H19N3O2. The Hall–Kier alpha value is -1.88. The Kier molecular flexibility index (Phi) is 3.57. The van der Waals surface area contributed by atoms with E-state index < -0.39 is 12.0 Å². The summed E-state index contributed by atoms with van der Waals surface area (Å²) in [6.07, 6.45) is 0.574. The second-order valence-electron chi connectivity index (χ2n) is 4.88. The number of nitrogens with zero attached hydrogens (tertiary/aromatic N) is 2. The zero-order valence-corrected chi connectivity index (χ0v) is 11.5. The van der Waals surface area contributed by atoms with E-state index in [0.717, 1.165) is 28.0 Å². The van der Waals surface area contributed by atoms with Gasteiger partial charge in [-0.05, 0) is 50.6 Å². The average molecular weight is 261 g/mol. The number of aliphatic carboxylic acids is 1. The van der Waals surface area contributed by atoms with E-state index in [4.69, 9.17) is 5.73 Å². The molecule has 1 aromatic carbocycles. The molecule has 2 rings (SSSR count). The number of carboxylic acid groups (broad SMARTS) is 1. The van der Waals surface area contributed by atoms with Gasteiger partial charge < -0.3 is 15.4 Å². The Bertz CT molecular complexity index is 631. The van der Waals surface area contributed by atoms with Gasteiger partial charge in [0.1, 0.15) is 11.9 Å². The lowest BCUT2D eigenvalue weighted by Crippen LogP contribution is -2.19. The van der Waals surface area contributed by atoms with Crippen LogP contribution >= 0.6 is 0 Å². The zero-order valence-electron chi connectivity index (χ0n) is 11.5. The van der Waals surface area contributed by atoms with Crippen molar-refractivity contribution in [3.63, 3.8) is 0 Å². The number of carbonyl (C=O) groups is 1. The van der Waals surface area contributed by atoms with Crippen molar-refractivity contribution in [3.05, 3.63) is 29.1 Å². The predicted molar refractivity (Wildman–Crippen MR) is 74.3 cm³/mol. The summed E-state index contributed by atoms with van der Waals surface area (Å²) in [5.41, 5.74) is 9.56. The van der Waals surface area contributed by atoms with Crippen LogP contribution in [0.3, 0.4) is 0 Å². The molecular weight excluding hydrogens is 242 g/mol. The van der Waals surface area contributed by atoms with Crippen molar-refractivity contribution in [2.75, 3.05) is 6.54 Å². The van der Waals surface area contributed by atoms with Crippen molar-refractivity contribution in [2.24, 2.45) is 5.73 Å². The van der Waals surface area contributed by atoms with Crippen molar-refractivity contribution in [2.45, 2.75) is 33.2 Å². The normalized spacial score (nSPS) is 12.8. The molecule has 0 saturated heterocycles. The molecule has 2 aromatic rings. The maximum Gasteiger partial charge on any atom is 0.326 e. The van der Waals surface area contributed by atoms with Gasteiger partial charge in [-0.15, -0.1) is 0 Å². The first kappa shape index (κ1) is 13.5. The predicted octanol–water partition coefficient (Wildman–Crippen LogP) is 1.80. The van der Waals surface area contributed by atoms with Crippen molar-refractivity contribution in [1.82, 2.24) is 9.55 Å². The molecule has 0 aliphatic rings. The summed E-state index contributed by atoms with van der Waals surface area (Å²) in [4.78, 5) is 15.8. The third-order valence-electron chi connectivity index (χ3n) is 3.49. The first-order valence-electron chi connectivity index (χ1n) is 6.36. The second-order valence-corrected chi connectivity index (χ2v) is 4.88. The number of benzene rings is 1. The summed E-state index contributed by atoms with van der Waals surface area (Å²) in [5, 5.41) is 9.25. The first-order valence-corrected chi connectivity index (χ1v) is 6.36. The summed E-state index contributed by atoms with van der Waals surface area (Å²) >= 11 is 0. The molecule has 19 heavy (non-hydrogen) atoms. The van der Waals surface area contributed by atoms with E-state index in [1.807, 2.05) is 26.0 Å². The highest BCUT2D eigenvalue weighted by Crippen LogP contribution is 2.24. The van der Waals surface area contributed by atoms with E-state index in [2.05, 4.69) is 4.98 Å². The van der Waals surface area contributed by atoms with Crippen LogP contribution in [0.1, 0.15) is 29.9 Å². The van der Waals surface area contributed by atoms with E-state index in [0.29, 0.717) is 13.0 Å². The molecule has 1 aromatic heterocycles. The Morgan fingerprint density at radius 3 is 2.63 bits per heavy atom. The monoisotopic (exact) mass is 261 g/mol. The second kappa shape index (κ2) is 5.01. The molecule has 102 valence electrons. The zero-order chi connectivity index (χ0) is 14.2. The summed E-state index contributed by atoms with van der Waals surface area (Å²) in [6.45, 7) is 6.16. The highest BCUT2D eigenvalue weighted by Gasteiger charge is 2.20. The first-order chi connectivity index (χ1) is 8.95. The minimum atomic E-state index is -0.865. The third-order valence-corrected chi connectivity index (χ3v) is 3.49. The highest BCUT2D eigenvalue weighted by atomic mass is 16.4. The van der Waals surface area contributed by atoms with E-state index in [1.54, 1.807) is 11.5 Å². The van der Waals surface area contributed by atoms with Crippen LogP contribution in [0.2, 0.25) is 0 Å². The molecule has 3 N–H and O–H groups in total. The molecule has 5 heteroatoms. The number of nitrogens with two attached hydrogens (primary N) is 1. The van der Waals surface area contributed by atoms with Gasteiger partial charge in [-0.1, -0.05) is 0 Å². The number of rotatable bonds is 4. The lowest BCUT2D eigenvalue weighted by molar-refractivity contribution is -0.140. The van der Waals surface area contributed by atoms with Crippen LogP contribution in [-0.2, 0) is 11.2 Å². The summed E-state index contributed by atoms with van der Waals surface area (Å²) in [6, 6.07) is 3.35. The lowest BCUT2D eigenvalue weighted by atomic mass is 10.1. The maximum absolute atomic E-state index is 11.3. The number of aromatic nitrogens is 2. The Morgan fingerprint density at radius 1 is 1.42 bits per heavy atom. The molecule has 0 aliphatic carbocycles. The molecule has 0 fully saturated rings. The smallest absolute Gasteiger partial charge is 0.326 e. The van der Waals surface area contributed by atoms with Gasteiger partial charge in [0, 0.05) is 6.42 Å². The minimum Gasteiger partial charge on any atom is -0.480 e. The van der Waals surface area contributed by atoms with Gasteiger partial charge in [-0.2, -0.15) is 0 Å². The van der Waals surface area contributed by atoms with Crippen molar-refractivity contribution in [3.8, 4) is 0 Å². The van der Waals surface area contributed by atoms with E-state index in [1.165, 1.54) is 0 Å². The number of fused-ring (bicyclic) bond motifs is 1. The summed E-state index contributed by atoms with van der Waals surface area (Å²) in [7, 11) is 0. The Morgan fingerprint density at radius 2 is 2.05 bits per heavy atom. The van der Waals surface area contributed by atoms with Crippen LogP contribution in [0, 0.1) is 13.8 Å². The van der Waals surface area contributed by atoms with Crippen molar-refractivity contribution < 1.29 is 9.90 Å². The van der Waals surface area contributed by atoms with Crippen molar-refractivity contribution >= 4 is 17.0 Å². The third kappa shape index (κ3) is 2.33. The topological polar surface area (TPSA) is 81.1 Å². The quantitative estimate of drug-likeness (QED) is 0.879. The largest absolute Gasteiger partial charge is 0.480 e. The van der Waals surface area contributed by atoms with Crippen LogP contribution in [-0.4, -0.2) is 27.2 Å². The van der Waals surface area contributed by atoms with Gasteiger partial charge in [0.2, 0.25) is 0 Å². The number of carboxylic acids is 1. The van der Waals surface area contributed by atoms with E-state index in [-0.39, 0.29) is 0 Å². The van der Waals surface area contributed by atoms with Crippen LogP contribution in [0.4, 0.5) is 0 Å². The average Bonchev–Trinajstić information content (AvgIpc) is 2.66. The fourth-order valence-electron chi connectivity index (χ4n) is 2.25. The van der Waals surface area contributed by atoms with Crippen molar-refractivity contribution in [1.29, 1.82) is 0 Å². The van der Waals surface area contributed by atoms with Crippen LogP contribution in [0.5, 0.6) is 0 Å². The fourth-order valence-corrected chi connectivity index (χ4v) is 2.25.